The summed E-state index contributed by atoms with van der Waals surface area (Å²) >= 11 is 4.20. The van der Waals surface area contributed by atoms with Gasteiger partial charge in [0.25, 0.3) is 0 Å². The van der Waals surface area contributed by atoms with E-state index in [1.165, 1.54) is 3.58 Å². The first-order chi connectivity index (χ1) is 6.88. The number of hydrogen-bond donors (Lipinski definition) is 0. The molecule has 0 aliphatic carbocycles. The van der Waals surface area contributed by atoms with Gasteiger partial charge in [-0.3, -0.25) is 0 Å². The van der Waals surface area contributed by atoms with E-state index in [0.717, 1.165) is 21.8 Å². The second-order valence-corrected chi connectivity index (χ2v) is 19.9. The van der Waals surface area contributed by atoms with Gasteiger partial charge in [-0.15, -0.1) is 0 Å². The van der Waals surface area contributed by atoms with Crippen molar-refractivity contribution in [3.8, 4) is 0 Å². The van der Waals surface area contributed by atoms with Gasteiger partial charge >= 0.3 is 99.7 Å². The molecule has 1 heterocycles. The van der Waals surface area contributed by atoms with Crippen molar-refractivity contribution in [2.45, 2.75) is 21.7 Å². The Kier molecular flexibility index (Phi) is 2.80. The molecule has 1 nitrogen and oxygen atoms in total. The first-order valence-corrected chi connectivity index (χ1v) is 15.4. The van der Waals surface area contributed by atoms with Gasteiger partial charge in [-0.2, -0.15) is 0 Å². The third-order valence-corrected chi connectivity index (χ3v) is 8.61. The van der Waals surface area contributed by atoms with Gasteiger partial charge in [0, 0.05) is 0 Å². The molecular weight excluding hydrogens is 314 g/mol. The number of fused-ring (bicyclic) bond motifs is 1. The summed E-state index contributed by atoms with van der Waals surface area (Å²) < 4.78 is 7.00. The van der Waals surface area contributed by atoms with Gasteiger partial charge in [0.15, 0.2) is 0 Å². The molecule has 0 spiro atoms. The fourth-order valence-electron chi connectivity index (χ4n) is 1.67. The van der Waals surface area contributed by atoms with Crippen LogP contribution in [0.15, 0.2) is 22.6 Å². The van der Waals surface area contributed by atoms with Crippen molar-refractivity contribution in [1.82, 2.24) is 0 Å². The average Bonchev–Trinajstić information content (AvgIpc) is 2.44. The first-order valence-electron chi connectivity index (χ1n) is 5.08. The third-order valence-electron chi connectivity index (χ3n) is 2.56. The Hall–Kier alpha value is -0.151. The molecule has 0 N–H and O–H groups in total. The van der Waals surface area contributed by atoms with Gasteiger partial charge in [0.1, 0.15) is 0 Å². The van der Waals surface area contributed by atoms with E-state index < -0.39 is 18.4 Å². The monoisotopic (exact) mass is 330 g/mol. The van der Waals surface area contributed by atoms with Gasteiger partial charge < -0.3 is 0 Å². The number of benzene rings is 1. The quantitative estimate of drug-likeness (QED) is 0.722. The number of aryl methyl sites for hydroxylation is 1. The SMILES string of the molecule is Cc1cc2c[c]([Sn]([CH3])([CH3])[CH3])cc(Cl)c2o1. The zero-order chi connectivity index (χ0) is 11.2. The third kappa shape index (κ3) is 2.18. The summed E-state index contributed by atoms with van der Waals surface area (Å²) in [6.45, 7) is 1.95. The topological polar surface area (TPSA) is 13.1 Å². The number of furan rings is 1. The van der Waals surface area contributed by atoms with Gasteiger partial charge in [-0.1, -0.05) is 0 Å². The van der Waals surface area contributed by atoms with E-state index in [9.17, 15) is 0 Å². The minimum absolute atomic E-state index is 0.752. The molecular formula is C12H15ClOSn. The molecule has 0 atom stereocenters. The Balaban J connectivity index is 2.72. The van der Waals surface area contributed by atoms with Gasteiger partial charge in [-0.25, -0.2) is 0 Å². The summed E-state index contributed by atoms with van der Waals surface area (Å²) in [5.74, 6) is 0.924. The van der Waals surface area contributed by atoms with Gasteiger partial charge in [0.05, 0.1) is 0 Å². The first kappa shape index (κ1) is 11.3. The van der Waals surface area contributed by atoms with Crippen molar-refractivity contribution in [3.05, 3.63) is 29.0 Å². The zero-order valence-corrected chi connectivity index (χ0v) is 13.1. The molecule has 3 heteroatoms. The minimum atomic E-state index is -2.02. The molecule has 0 radical (unpaired) electrons. The van der Waals surface area contributed by atoms with Gasteiger partial charge in [0.2, 0.25) is 0 Å². The van der Waals surface area contributed by atoms with E-state index in [1.54, 1.807) is 0 Å². The molecule has 2 aromatic rings. The van der Waals surface area contributed by atoms with E-state index in [2.05, 4.69) is 33.0 Å². The molecule has 0 bridgehead atoms. The Morgan fingerprint density at radius 2 is 1.80 bits per heavy atom. The average molecular weight is 329 g/mol. The van der Waals surface area contributed by atoms with Crippen LogP contribution >= 0.6 is 11.6 Å². The van der Waals surface area contributed by atoms with Crippen molar-refractivity contribution < 1.29 is 4.42 Å². The number of rotatable bonds is 1. The summed E-state index contributed by atoms with van der Waals surface area (Å²) in [7, 11) is 0. The Morgan fingerprint density at radius 1 is 1.13 bits per heavy atom. The molecule has 0 fully saturated rings. The van der Waals surface area contributed by atoms with Crippen molar-refractivity contribution in [1.29, 1.82) is 0 Å². The number of halogens is 1. The van der Waals surface area contributed by atoms with Crippen LogP contribution in [0.5, 0.6) is 0 Å². The van der Waals surface area contributed by atoms with Crippen LogP contribution in [0.3, 0.4) is 0 Å². The van der Waals surface area contributed by atoms with Crippen LogP contribution in [0.2, 0.25) is 19.8 Å². The van der Waals surface area contributed by atoms with Crippen molar-refractivity contribution in [2.75, 3.05) is 0 Å². The predicted molar refractivity (Wildman–Crippen MR) is 68.9 cm³/mol. The molecule has 0 aliphatic rings. The standard InChI is InChI=1S/C9H6ClO.3CH3.Sn/c1-6-5-7-3-2-4-8(10)9(7)11-6;;;;/h3-5H,1H3;3*1H3;. The van der Waals surface area contributed by atoms with E-state index in [-0.39, 0.29) is 0 Å². The molecule has 0 saturated heterocycles. The van der Waals surface area contributed by atoms with E-state index >= 15 is 0 Å². The summed E-state index contributed by atoms with van der Waals surface area (Å²) in [5, 5.41) is 1.89. The molecule has 1 aromatic carbocycles. The molecule has 1 aromatic heterocycles. The second kappa shape index (κ2) is 3.70. The summed E-state index contributed by atoms with van der Waals surface area (Å²) in [5.41, 5.74) is 0.827. The van der Waals surface area contributed by atoms with Crippen LogP contribution in [0.25, 0.3) is 11.0 Å². The molecule has 0 saturated carbocycles. The van der Waals surface area contributed by atoms with E-state index in [4.69, 9.17) is 16.0 Å². The summed E-state index contributed by atoms with van der Waals surface area (Å²) in [6.07, 6.45) is 0. The Morgan fingerprint density at radius 3 is 2.40 bits per heavy atom. The van der Waals surface area contributed by atoms with Crippen LogP contribution in [0.1, 0.15) is 5.76 Å². The summed E-state index contributed by atoms with van der Waals surface area (Å²) in [4.78, 5) is 7.16. The zero-order valence-electron chi connectivity index (χ0n) is 9.52. The van der Waals surface area contributed by atoms with Gasteiger partial charge in [-0.05, 0) is 0 Å². The summed E-state index contributed by atoms with van der Waals surface area (Å²) in [6, 6.07) is 6.39. The molecule has 0 unspecified atom stereocenters. The van der Waals surface area contributed by atoms with E-state index in [0.29, 0.717) is 0 Å². The fraction of sp³-hybridized carbons (Fsp3) is 0.333. The number of hydrogen-bond acceptors (Lipinski definition) is 1. The molecule has 15 heavy (non-hydrogen) atoms. The van der Waals surface area contributed by atoms with Crippen LogP contribution in [-0.4, -0.2) is 18.4 Å². The van der Waals surface area contributed by atoms with Crippen LogP contribution in [-0.2, 0) is 0 Å². The van der Waals surface area contributed by atoms with Crippen LogP contribution < -0.4 is 3.58 Å². The Labute approximate surface area is 99.3 Å². The second-order valence-electron chi connectivity index (χ2n) is 4.98. The molecule has 0 aliphatic heterocycles. The predicted octanol–water partition coefficient (Wildman–Crippen LogP) is 3.94. The fourth-order valence-corrected chi connectivity index (χ4v) is 5.53. The molecule has 2 rings (SSSR count). The van der Waals surface area contributed by atoms with Crippen LogP contribution in [0.4, 0.5) is 0 Å². The maximum absolute atomic E-state index is 6.22. The normalized spacial score (nSPS) is 12.3. The maximum atomic E-state index is 6.22. The van der Waals surface area contributed by atoms with Crippen molar-refractivity contribution >= 4 is 44.5 Å². The molecule has 0 amide bonds. The Bertz CT molecular complexity index is 508. The van der Waals surface area contributed by atoms with Crippen LogP contribution in [0, 0.1) is 6.92 Å². The van der Waals surface area contributed by atoms with E-state index in [1.807, 2.05) is 6.92 Å². The molecule has 80 valence electrons. The van der Waals surface area contributed by atoms with Crippen molar-refractivity contribution in [2.24, 2.45) is 0 Å². The van der Waals surface area contributed by atoms with Crippen molar-refractivity contribution in [3.63, 3.8) is 0 Å².